The molecule has 33 heavy (non-hydrogen) atoms. The molecule has 9 nitrogen and oxygen atoms in total. The van der Waals surface area contributed by atoms with Crippen molar-refractivity contribution in [2.75, 3.05) is 30.4 Å². The van der Waals surface area contributed by atoms with Gasteiger partial charge in [-0.1, -0.05) is 0 Å². The summed E-state index contributed by atoms with van der Waals surface area (Å²) in [5.74, 6) is 2.82. The third kappa shape index (κ3) is 4.04. The average molecular weight is 464 g/mol. The molecule has 0 spiro atoms. The number of carbonyl (C=O) groups excluding carboxylic acids is 1. The van der Waals surface area contributed by atoms with Gasteiger partial charge in [-0.2, -0.15) is 4.98 Å². The number of thiazole rings is 1. The average Bonchev–Trinajstić information content (AvgIpc) is 3.28. The lowest BCUT2D eigenvalue weighted by atomic mass is 10.1. The Kier molecular flexibility index (Phi) is 5.18. The quantitative estimate of drug-likeness (QED) is 0.575. The van der Waals surface area contributed by atoms with Gasteiger partial charge in [0.15, 0.2) is 11.6 Å². The number of amidine groups is 1. The van der Waals surface area contributed by atoms with Crippen molar-refractivity contribution in [3.63, 3.8) is 0 Å². The van der Waals surface area contributed by atoms with E-state index in [9.17, 15) is 4.79 Å². The predicted molar refractivity (Wildman–Crippen MR) is 127 cm³/mol. The summed E-state index contributed by atoms with van der Waals surface area (Å²) in [6.07, 6.45) is 9.16. The molecule has 2 aliphatic heterocycles. The number of aromatic nitrogens is 4. The number of hydrogen-bond donors (Lipinski definition) is 1. The molecule has 10 heteroatoms. The SMILES string of the molecule is CO[C@@H]1C[C@@H](C(=O)Cc2nccs2)N(c2nc(NC3=NCC(C4CC4)=C3)c3cccn3n2)C1. The number of carbonyl (C=O) groups is 1. The van der Waals surface area contributed by atoms with Crippen molar-refractivity contribution in [3.05, 3.63) is 46.6 Å². The molecule has 3 aromatic heterocycles. The lowest BCUT2D eigenvalue weighted by Gasteiger charge is -2.23. The minimum Gasteiger partial charge on any atom is -0.380 e. The number of anilines is 2. The smallest absolute Gasteiger partial charge is 0.246 e. The molecule has 1 aliphatic carbocycles. The highest BCUT2D eigenvalue weighted by Gasteiger charge is 2.39. The Morgan fingerprint density at radius 3 is 3.06 bits per heavy atom. The topological polar surface area (TPSA) is 97.0 Å². The normalized spacial score (nSPS) is 22.6. The number of aliphatic imine (C=N–C) groups is 1. The van der Waals surface area contributed by atoms with Gasteiger partial charge in [0, 0.05) is 37.8 Å². The number of hydrogen-bond acceptors (Lipinski definition) is 9. The van der Waals surface area contributed by atoms with Crippen LogP contribution in [0.15, 0.2) is 46.5 Å². The fourth-order valence-electron chi connectivity index (χ4n) is 4.58. The summed E-state index contributed by atoms with van der Waals surface area (Å²) < 4.78 is 7.42. The maximum absolute atomic E-state index is 13.2. The van der Waals surface area contributed by atoms with Crippen molar-refractivity contribution in [1.82, 2.24) is 19.6 Å². The molecule has 0 unspecified atom stereocenters. The number of nitrogens with zero attached hydrogens (tertiary/aromatic N) is 6. The van der Waals surface area contributed by atoms with Crippen LogP contribution < -0.4 is 10.2 Å². The zero-order valence-electron chi connectivity index (χ0n) is 18.3. The zero-order valence-corrected chi connectivity index (χ0v) is 19.2. The summed E-state index contributed by atoms with van der Waals surface area (Å²) in [7, 11) is 1.68. The highest BCUT2D eigenvalue weighted by Crippen LogP contribution is 2.38. The van der Waals surface area contributed by atoms with Gasteiger partial charge in [-0.3, -0.25) is 9.79 Å². The summed E-state index contributed by atoms with van der Waals surface area (Å²) in [6.45, 7) is 1.32. The second-order valence-corrected chi connectivity index (χ2v) is 9.73. The highest BCUT2D eigenvalue weighted by molar-refractivity contribution is 7.09. The van der Waals surface area contributed by atoms with Crippen LogP contribution in [0.25, 0.3) is 5.52 Å². The van der Waals surface area contributed by atoms with Gasteiger partial charge < -0.3 is 15.0 Å². The molecular formula is C23H25N7O2S. The van der Waals surface area contributed by atoms with Crippen molar-refractivity contribution >= 4 is 40.2 Å². The Morgan fingerprint density at radius 2 is 2.27 bits per heavy atom. The Labute approximate surface area is 195 Å². The molecule has 3 aromatic rings. The van der Waals surface area contributed by atoms with Crippen molar-refractivity contribution in [2.45, 2.75) is 37.8 Å². The Balaban J connectivity index is 1.30. The number of ether oxygens (including phenoxy) is 1. The lowest BCUT2D eigenvalue weighted by Crippen LogP contribution is -2.38. The van der Waals surface area contributed by atoms with Gasteiger partial charge in [0.2, 0.25) is 5.95 Å². The Bertz CT molecular complexity index is 1240. The van der Waals surface area contributed by atoms with E-state index in [0.29, 0.717) is 37.1 Å². The number of Topliss-reactive ketones (excluding diaryl/α,β-unsaturated/α-hetero) is 1. The van der Waals surface area contributed by atoms with Crippen LogP contribution >= 0.6 is 11.3 Å². The lowest BCUT2D eigenvalue weighted by molar-refractivity contribution is -0.119. The van der Waals surface area contributed by atoms with Gasteiger partial charge >= 0.3 is 0 Å². The van der Waals surface area contributed by atoms with E-state index in [1.807, 2.05) is 28.6 Å². The van der Waals surface area contributed by atoms with Crippen LogP contribution in [0.5, 0.6) is 0 Å². The van der Waals surface area contributed by atoms with Crippen LogP contribution in [0.3, 0.4) is 0 Å². The molecule has 3 aliphatic rings. The van der Waals surface area contributed by atoms with Crippen LogP contribution in [0.2, 0.25) is 0 Å². The number of rotatable bonds is 7. The van der Waals surface area contributed by atoms with Crippen molar-refractivity contribution in [2.24, 2.45) is 10.9 Å². The molecule has 1 saturated heterocycles. The molecule has 2 fully saturated rings. The van der Waals surface area contributed by atoms with Crippen molar-refractivity contribution in [1.29, 1.82) is 0 Å². The van der Waals surface area contributed by atoms with E-state index in [1.54, 1.807) is 17.8 Å². The second-order valence-electron chi connectivity index (χ2n) is 8.75. The first-order valence-corrected chi connectivity index (χ1v) is 12.1. The molecule has 0 aromatic carbocycles. The van der Waals surface area contributed by atoms with E-state index >= 15 is 0 Å². The second kappa shape index (κ2) is 8.35. The minimum atomic E-state index is -0.357. The molecule has 170 valence electrons. The summed E-state index contributed by atoms with van der Waals surface area (Å²) in [5.41, 5.74) is 2.26. The van der Waals surface area contributed by atoms with Gasteiger partial charge in [-0.15, -0.1) is 16.4 Å². The summed E-state index contributed by atoms with van der Waals surface area (Å²) >= 11 is 1.50. The first-order chi connectivity index (χ1) is 16.2. The molecule has 1 saturated carbocycles. The van der Waals surface area contributed by atoms with Gasteiger partial charge in [0.1, 0.15) is 11.4 Å². The fourth-order valence-corrected chi connectivity index (χ4v) is 5.21. The third-order valence-electron chi connectivity index (χ3n) is 6.52. The molecular weight excluding hydrogens is 438 g/mol. The van der Waals surface area contributed by atoms with Crippen LogP contribution in [0.1, 0.15) is 24.3 Å². The van der Waals surface area contributed by atoms with Gasteiger partial charge in [-0.25, -0.2) is 9.50 Å². The molecule has 0 bridgehead atoms. The first-order valence-electron chi connectivity index (χ1n) is 11.3. The van der Waals surface area contributed by atoms with Crippen LogP contribution in [0.4, 0.5) is 11.8 Å². The fraction of sp³-hybridized carbons (Fsp3) is 0.435. The maximum atomic E-state index is 13.2. The number of methoxy groups -OCH3 is 1. The van der Waals surface area contributed by atoms with Crippen molar-refractivity contribution in [3.8, 4) is 0 Å². The zero-order chi connectivity index (χ0) is 22.4. The van der Waals surface area contributed by atoms with Crippen LogP contribution in [-0.2, 0) is 16.0 Å². The number of nitrogens with one attached hydrogen (secondary N) is 1. The van der Waals surface area contributed by atoms with E-state index in [0.717, 1.165) is 22.9 Å². The van der Waals surface area contributed by atoms with Crippen LogP contribution in [0, 0.1) is 5.92 Å². The summed E-state index contributed by atoms with van der Waals surface area (Å²) in [5, 5.41) is 10.8. The van der Waals surface area contributed by atoms with Gasteiger partial charge in [0.05, 0.1) is 30.1 Å². The largest absolute Gasteiger partial charge is 0.380 e. The molecule has 6 rings (SSSR count). The minimum absolute atomic E-state index is 0.0566. The Hall–Kier alpha value is -3.11. The Morgan fingerprint density at radius 1 is 1.36 bits per heavy atom. The van der Waals surface area contributed by atoms with Crippen molar-refractivity contribution < 1.29 is 9.53 Å². The molecule has 0 amide bonds. The highest BCUT2D eigenvalue weighted by atomic mass is 32.1. The third-order valence-corrected chi connectivity index (χ3v) is 7.30. The van der Waals surface area contributed by atoms with Gasteiger partial charge in [0.25, 0.3) is 0 Å². The standard InChI is InChI=1S/C23H25N7O2S/c1-32-16-10-18(19(31)11-21-24-6-8-33-21)29(13-16)23-27-22(17-3-2-7-30(17)28-23)26-20-9-15(12-25-20)14-4-5-14/h2-3,6-9,14,16,18H,4-5,10-13H2,1H3,(H,25,26,27,28)/t16-,18+/m1/s1. The monoisotopic (exact) mass is 463 g/mol. The number of ketones is 1. The number of fused-ring (bicyclic) bond motifs is 1. The summed E-state index contributed by atoms with van der Waals surface area (Å²) in [6, 6.07) is 3.55. The molecule has 5 heterocycles. The molecule has 2 atom stereocenters. The first kappa shape index (κ1) is 20.5. The van der Waals surface area contributed by atoms with E-state index < -0.39 is 0 Å². The van der Waals surface area contributed by atoms with Crippen LogP contribution in [-0.4, -0.2) is 63.5 Å². The molecule has 1 N–H and O–H groups in total. The predicted octanol–water partition coefficient (Wildman–Crippen LogP) is 2.75. The summed E-state index contributed by atoms with van der Waals surface area (Å²) in [4.78, 5) is 29.0. The van der Waals surface area contributed by atoms with Gasteiger partial charge in [-0.05, 0) is 42.5 Å². The van der Waals surface area contributed by atoms with E-state index in [1.165, 1.54) is 29.8 Å². The van der Waals surface area contributed by atoms with E-state index in [-0.39, 0.29) is 17.9 Å². The maximum Gasteiger partial charge on any atom is 0.246 e. The molecule has 0 radical (unpaired) electrons. The van der Waals surface area contributed by atoms with E-state index in [4.69, 9.17) is 14.8 Å². The van der Waals surface area contributed by atoms with E-state index in [2.05, 4.69) is 21.4 Å².